The molecule has 2 unspecified atom stereocenters. The minimum absolute atomic E-state index is 0.103. The van der Waals surface area contributed by atoms with Crippen molar-refractivity contribution in [2.24, 2.45) is 0 Å². The summed E-state index contributed by atoms with van der Waals surface area (Å²) in [6.45, 7) is 6.98. The predicted octanol–water partition coefficient (Wildman–Crippen LogP) is 2.88. The summed E-state index contributed by atoms with van der Waals surface area (Å²) < 4.78 is 14.1. The van der Waals surface area contributed by atoms with Crippen molar-refractivity contribution in [3.63, 3.8) is 0 Å². The molecule has 0 spiro atoms. The van der Waals surface area contributed by atoms with Gasteiger partial charge in [0.05, 0.1) is 5.69 Å². The standard InChI is InChI=1S/C14H21FN2S/c1-10-8-17(9-11(2)18-10)14-12(7-16-3)5-4-6-13(14)15/h4-6,10-11,16H,7-9H2,1-3H3. The van der Waals surface area contributed by atoms with Crippen molar-refractivity contribution in [1.29, 1.82) is 0 Å². The van der Waals surface area contributed by atoms with Crippen LogP contribution in [0.25, 0.3) is 0 Å². The lowest BCUT2D eigenvalue weighted by atomic mass is 10.1. The number of thioether (sulfide) groups is 1. The highest BCUT2D eigenvalue weighted by Crippen LogP contribution is 2.32. The van der Waals surface area contributed by atoms with Crippen molar-refractivity contribution in [2.75, 3.05) is 25.0 Å². The van der Waals surface area contributed by atoms with Crippen LogP contribution in [-0.2, 0) is 6.54 Å². The Labute approximate surface area is 113 Å². The van der Waals surface area contributed by atoms with E-state index in [0.717, 1.165) is 24.3 Å². The van der Waals surface area contributed by atoms with Gasteiger partial charge in [0.1, 0.15) is 5.82 Å². The molecule has 2 nitrogen and oxygen atoms in total. The molecule has 2 rings (SSSR count). The number of rotatable bonds is 3. The van der Waals surface area contributed by atoms with Crippen molar-refractivity contribution >= 4 is 17.4 Å². The Kier molecular flexibility index (Phi) is 4.51. The zero-order chi connectivity index (χ0) is 13.1. The van der Waals surface area contributed by atoms with E-state index in [1.807, 2.05) is 24.9 Å². The van der Waals surface area contributed by atoms with E-state index in [-0.39, 0.29) is 5.82 Å². The quantitative estimate of drug-likeness (QED) is 0.907. The fraction of sp³-hybridized carbons (Fsp3) is 0.571. The summed E-state index contributed by atoms with van der Waals surface area (Å²) in [5, 5.41) is 4.22. The van der Waals surface area contributed by atoms with Gasteiger partial charge in [0.2, 0.25) is 0 Å². The van der Waals surface area contributed by atoms with E-state index in [4.69, 9.17) is 0 Å². The van der Waals surface area contributed by atoms with Crippen molar-refractivity contribution in [3.05, 3.63) is 29.6 Å². The lowest BCUT2D eigenvalue weighted by molar-refractivity contribution is 0.606. The van der Waals surface area contributed by atoms with E-state index in [9.17, 15) is 4.39 Å². The van der Waals surface area contributed by atoms with Gasteiger partial charge in [-0.1, -0.05) is 26.0 Å². The molecule has 1 saturated heterocycles. The molecule has 4 heteroatoms. The van der Waals surface area contributed by atoms with Gasteiger partial charge < -0.3 is 10.2 Å². The summed E-state index contributed by atoms with van der Waals surface area (Å²) in [6.07, 6.45) is 0. The third kappa shape index (κ3) is 2.98. The summed E-state index contributed by atoms with van der Waals surface area (Å²) in [5.41, 5.74) is 1.83. The second-order valence-corrected chi connectivity index (χ2v) is 6.82. The van der Waals surface area contributed by atoms with Crippen LogP contribution >= 0.6 is 11.8 Å². The molecule has 1 aromatic rings. The minimum atomic E-state index is -0.103. The van der Waals surface area contributed by atoms with Gasteiger partial charge in [-0.05, 0) is 18.7 Å². The smallest absolute Gasteiger partial charge is 0.146 e. The first-order chi connectivity index (χ1) is 8.61. The fourth-order valence-corrected chi connectivity index (χ4v) is 3.93. The minimum Gasteiger partial charge on any atom is -0.367 e. The summed E-state index contributed by atoms with van der Waals surface area (Å²) in [7, 11) is 1.89. The molecule has 0 bridgehead atoms. The number of hydrogen-bond donors (Lipinski definition) is 1. The van der Waals surface area contributed by atoms with Crippen LogP contribution in [0, 0.1) is 5.82 Å². The second kappa shape index (κ2) is 5.93. The number of nitrogens with zero attached hydrogens (tertiary/aromatic N) is 1. The number of para-hydroxylation sites is 1. The molecule has 18 heavy (non-hydrogen) atoms. The van der Waals surface area contributed by atoms with Crippen LogP contribution < -0.4 is 10.2 Å². The molecule has 1 fully saturated rings. The Morgan fingerprint density at radius 2 is 2.00 bits per heavy atom. The lowest BCUT2D eigenvalue weighted by Gasteiger charge is -2.37. The molecule has 2 atom stereocenters. The maximum atomic E-state index is 14.1. The molecule has 0 saturated carbocycles. The summed E-state index contributed by atoms with van der Waals surface area (Å²) >= 11 is 1.98. The van der Waals surface area contributed by atoms with Gasteiger partial charge in [-0.2, -0.15) is 11.8 Å². The first-order valence-corrected chi connectivity index (χ1v) is 7.38. The number of halogens is 1. The molecule has 0 radical (unpaired) electrons. The summed E-state index contributed by atoms with van der Waals surface area (Å²) in [4.78, 5) is 2.20. The number of anilines is 1. The van der Waals surface area contributed by atoms with Gasteiger partial charge >= 0.3 is 0 Å². The topological polar surface area (TPSA) is 15.3 Å². The van der Waals surface area contributed by atoms with E-state index in [1.165, 1.54) is 0 Å². The molecule has 1 aromatic carbocycles. The molecule has 1 heterocycles. The van der Waals surface area contributed by atoms with Gasteiger partial charge in [0, 0.05) is 30.1 Å². The normalized spacial score (nSPS) is 24.3. The molecule has 0 aromatic heterocycles. The van der Waals surface area contributed by atoms with E-state index < -0.39 is 0 Å². The third-order valence-electron chi connectivity index (χ3n) is 3.17. The Hall–Kier alpha value is -0.740. The van der Waals surface area contributed by atoms with Crippen LogP contribution in [0.3, 0.4) is 0 Å². The second-order valence-electron chi connectivity index (χ2n) is 4.94. The predicted molar refractivity (Wildman–Crippen MR) is 77.9 cm³/mol. The van der Waals surface area contributed by atoms with E-state index in [2.05, 4.69) is 24.1 Å². The van der Waals surface area contributed by atoms with Crippen LogP contribution in [0.1, 0.15) is 19.4 Å². The highest BCUT2D eigenvalue weighted by atomic mass is 32.2. The van der Waals surface area contributed by atoms with Gasteiger partial charge in [0.25, 0.3) is 0 Å². The van der Waals surface area contributed by atoms with Crippen LogP contribution in [0.4, 0.5) is 10.1 Å². The Bertz CT molecular complexity index is 401. The average molecular weight is 268 g/mol. The van der Waals surface area contributed by atoms with Crippen LogP contribution in [0.5, 0.6) is 0 Å². The molecular formula is C14H21FN2S. The Balaban J connectivity index is 2.30. The number of nitrogens with one attached hydrogen (secondary N) is 1. The van der Waals surface area contributed by atoms with Gasteiger partial charge in [-0.25, -0.2) is 4.39 Å². The number of hydrogen-bond acceptors (Lipinski definition) is 3. The van der Waals surface area contributed by atoms with Crippen LogP contribution in [0.2, 0.25) is 0 Å². The van der Waals surface area contributed by atoms with Crippen molar-refractivity contribution in [1.82, 2.24) is 5.32 Å². The SMILES string of the molecule is CNCc1cccc(F)c1N1CC(C)SC(C)C1. The van der Waals surface area contributed by atoms with E-state index in [1.54, 1.807) is 12.1 Å². The molecule has 0 amide bonds. The first-order valence-electron chi connectivity index (χ1n) is 6.44. The first kappa shape index (κ1) is 13.7. The fourth-order valence-electron chi connectivity index (χ4n) is 2.61. The number of benzene rings is 1. The average Bonchev–Trinajstić information content (AvgIpc) is 2.28. The highest BCUT2D eigenvalue weighted by molar-refractivity contribution is 8.00. The van der Waals surface area contributed by atoms with Crippen molar-refractivity contribution in [2.45, 2.75) is 30.9 Å². The molecule has 1 aliphatic rings. The van der Waals surface area contributed by atoms with Gasteiger partial charge in [-0.3, -0.25) is 0 Å². The zero-order valence-electron chi connectivity index (χ0n) is 11.2. The van der Waals surface area contributed by atoms with Crippen LogP contribution in [-0.4, -0.2) is 30.6 Å². The molecule has 1 N–H and O–H groups in total. The summed E-state index contributed by atoms with van der Waals surface area (Å²) in [5.74, 6) is -0.103. The van der Waals surface area contributed by atoms with Crippen LogP contribution in [0.15, 0.2) is 18.2 Å². The monoisotopic (exact) mass is 268 g/mol. The highest BCUT2D eigenvalue weighted by Gasteiger charge is 2.25. The zero-order valence-corrected chi connectivity index (χ0v) is 12.1. The Morgan fingerprint density at radius 1 is 1.33 bits per heavy atom. The maximum Gasteiger partial charge on any atom is 0.146 e. The van der Waals surface area contributed by atoms with E-state index >= 15 is 0 Å². The van der Waals surface area contributed by atoms with Gasteiger partial charge in [0.15, 0.2) is 0 Å². The Morgan fingerprint density at radius 3 is 2.61 bits per heavy atom. The molecule has 0 aliphatic carbocycles. The molecular weight excluding hydrogens is 247 g/mol. The molecule has 1 aliphatic heterocycles. The van der Waals surface area contributed by atoms with Crippen molar-refractivity contribution < 1.29 is 4.39 Å². The maximum absolute atomic E-state index is 14.1. The van der Waals surface area contributed by atoms with Gasteiger partial charge in [-0.15, -0.1) is 0 Å². The summed E-state index contributed by atoms with van der Waals surface area (Å²) in [6, 6.07) is 5.36. The van der Waals surface area contributed by atoms with Crippen molar-refractivity contribution in [3.8, 4) is 0 Å². The largest absolute Gasteiger partial charge is 0.367 e. The van der Waals surface area contributed by atoms with E-state index in [0.29, 0.717) is 17.0 Å². The molecule has 100 valence electrons. The lowest BCUT2D eigenvalue weighted by Crippen LogP contribution is -2.41. The third-order valence-corrected chi connectivity index (χ3v) is 4.40.